The molecule has 1 fully saturated rings. The van der Waals surface area contributed by atoms with Gasteiger partial charge in [0.25, 0.3) is 5.91 Å². The normalized spacial score (nSPS) is 16.1. The number of rotatable bonds is 4. The Hall–Kier alpha value is -3.55. The number of aromatic nitrogens is 3. The minimum absolute atomic E-state index is 0.139. The highest BCUT2D eigenvalue weighted by Crippen LogP contribution is 2.37. The van der Waals surface area contributed by atoms with Crippen LogP contribution in [0.4, 0.5) is 10.3 Å². The Morgan fingerprint density at radius 2 is 1.88 bits per heavy atom. The minimum atomic E-state index is -0.315. The summed E-state index contributed by atoms with van der Waals surface area (Å²) in [6, 6.07) is 8.95. The van der Waals surface area contributed by atoms with Gasteiger partial charge in [-0.15, -0.1) is 0 Å². The lowest BCUT2D eigenvalue weighted by Gasteiger charge is -2.36. The number of likely N-dealkylation sites (tertiary alicyclic amines) is 1. The number of hydrogen-bond donors (Lipinski definition) is 0. The Kier molecular flexibility index (Phi) is 6.03. The van der Waals surface area contributed by atoms with Gasteiger partial charge in [-0.25, -0.2) is 14.4 Å². The van der Waals surface area contributed by atoms with Crippen molar-refractivity contribution in [2.24, 2.45) is 7.05 Å². The molecule has 0 aliphatic carbocycles. The van der Waals surface area contributed by atoms with Gasteiger partial charge in [0.15, 0.2) is 0 Å². The van der Waals surface area contributed by atoms with E-state index in [9.17, 15) is 14.0 Å². The number of halogens is 1. The third-order valence-electron chi connectivity index (χ3n) is 5.77. The summed E-state index contributed by atoms with van der Waals surface area (Å²) < 4.78 is 14.9. The molecule has 0 spiro atoms. The van der Waals surface area contributed by atoms with Crippen LogP contribution in [0.1, 0.15) is 41.4 Å². The maximum Gasteiger partial charge on any atom is 0.255 e. The number of carbonyl (C=O) groups excluding carboxylic acids is 1. The molecule has 3 aromatic rings. The van der Waals surface area contributed by atoms with Gasteiger partial charge in [-0.3, -0.25) is 9.59 Å². The van der Waals surface area contributed by atoms with Gasteiger partial charge in [0.2, 0.25) is 11.5 Å². The molecule has 32 heavy (non-hydrogen) atoms. The Bertz CT molecular complexity index is 1190. The van der Waals surface area contributed by atoms with Crippen LogP contribution >= 0.6 is 0 Å². The number of aryl methyl sites for hydroxylation is 1. The first-order chi connectivity index (χ1) is 15.3. The molecule has 1 saturated heterocycles. The van der Waals surface area contributed by atoms with Gasteiger partial charge in [-0.05, 0) is 43.0 Å². The summed E-state index contributed by atoms with van der Waals surface area (Å²) in [4.78, 5) is 38.2. The summed E-state index contributed by atoms with van der Waals surface area (Å²) in [5.74, 6) is 0.0941. The SMILES string of the molecule is CN(C)c1ncc(-c2ccc(F)cc2)c([C@H]2CCCCN2C(=O)c2ccc(=O)n(C)c2)n1. The van der Waals surface area contributed by atoms with Crippen LogP contribution in [0.25, 0.3) is 11.1 Å². The average Bonchev–Trinajstić information content (AvgIpc) is 2.80. The second-order valence-electron chi connectivity index (χ2n) is 8.25. The Morgan fingerprint density at radius 3 is 2.56 bits per heavy atom. The number of benzene rings is 1. The van der Waals surface area contributed by atoms with Crippen LogP contribution in [0.2, 0.25) is 0 Å². The summed E-state index contributed by atoms with van der Waals surface area (Å²) in [6.07, 6.45) is 5.93. The predicted octanol–water partition coefficient (Wildman–Crippen LogP) is 3.41. The molecule has 1 amide bonds. The molecule has 1 aliphatic heterocycles. The van der Waals surface area contributed by atoms with Crippen molar-refractivity contribution in [1.29, 1.82) is 0 Å². The maximum atomic E-state index is 13.5. The first-order valence-corrected chi connectivity index (χ1v) is 10.6. The van der Waals surface area contributed by atoms with E-state index in [1.165, 1.54) is 22.8 Å². The van der Waals surface area contributed by atoms with E-state index in [0.29, 0.717) is 18.1 Å². The lowest BCUT2D eigenvalue weighted by atomic mass is 9.93. The molecule has 0 saturated carbocycles. The van der Waals surface area contributed by atoms with E-state index in [1.807, 2.05) is 23.9 Å². The fourth-order valence-electron chi connectivity index (χ4n) is 4.05. The van der Waals surface area contributed by atoms with Crippen molar-refractivity contribution in [2.75, 3.05) is 25.5 Å². The molecule has 0 radical (unpaired) electrons. The number of pyridine rings is 1. The van der Waals surface area contributed by atoms with Crippen LogP contribution in [0, 0.1) is 5.82 Å². The van der Waals surface area contributed by atoms with Gasteiger partial charge >= 0.3 is 0 Å². The maximum absolute atomic E-state index is 13.5. The zero-order valence-electron chi connectivity index (χ0n) is 18.5. The number of hydrogen-bond acceptors (Lipinski definition) is 5. The standard InChI is InChI=1S/C24H26FN5O2/c1-28(2)24-26-14-19(16-7-10-18(25)11-8-16)22(27-24)20-6-4-5-13-30(20)23(32)17-9-12-21(31)29(3)15-17/h7-12,14-15,20H,4-6,13H2,1-3H3/t20-/m1/s1. The van der Waals surface area contributed by atoms with E-state index in [2.05, 4.69) is 4.98 Å². The van der Waals surface area contributed by atoms with Crippen LogP contribution in [0.5, 0.6) is 0 Å². The lowest BCUT2D eigenvalue weighted by Crippen LogP contribution is -2.39. The molecule has 1 aromatic carbocycles. The molecule has 0 bridgehead atoms. The van der Waals surface area contributed by atoms with Crippen LogP contribution in [-0.4, -0.2) is 46.0 Å². The van der Waals surface area contributed by atoms with Crippen molar-refractivity contribution >= 4 is 11.9 Å². The molecule has 166 valence electrons. The largest absolute Gasteiger partial charge is 0.347 e. The average molecular weight is 436 g/mol. The predicted molar refractivity (Wildman–Crippen MR) is 121 cm³/mol. The van der Waals surface area contributed by atoms with E-state index < -0.39 is 0 Å². The highest BCUT2D eigenvalue weighted by Gasteiger charge is 2.32. The second-order valence-corrected chi connectivity index (χ2v) is 8.25. The van der Waals surface area contributed by atoms with Gasteiger partial charge in [-0.1, -0.05) is 12.1 Å². The van der Waals surface area contributed by atoms with Gasteiger partial charge in [0, 0.05) is 51.7 Å². The fraction of sp³-hybridized carbons (Fsp3) is 0.333. The number of nitrogens with zero attached hydrogens (tertiary/aromatic N) is 5. The Balaban J connectivity index is 1.80. The highest BCUT2D eigenvalue weighted by atomic mass is 19.1. The van der Waals surface area contributed by atoms with Gasteiger partial charge in [0.1, 0.15) is 5.82 Å². The molecule has 0 unspecified atom stereocenters. The van der Waals surface area contributed by atoms with Crippen LogP contribution in [-0.2, 0) is 7.05 Å². The fourth-order valence-corrected chi connectivity index (χ4v) is 4.05. The quantitative estimate of drug-likeness (QED) is 0.628. The van der Waals surface area contributed by atoms with E-state index in [1.54, 1.807) is 37.6 Å². The van der Waals surface area contributed by atoms with E-state index >= 15 is 0 Å². The van der Waals surface area contributed by atoms with E-state index in [4.69, 9.17) is 4.98 Å². The molecule has 3 heterocycles. The summed E-state index contributed by atoms with van der Waals surface area (Å²) in [6.45, 7) is 0.594. The smallest absolute Gasteiger partial charge is 0.255 e. The van der Waals surface area contributed by atoms with Crippen molar-refractivity contribution in [3.63, 3.8) is 0 Å². The zero-order chi connectivity index (χ0) is 22.8. The molecular formula is C24H26FN5O2. The van der Waals surface area contributed by atoms with Gasteiger partial charge < -0.3 is 14.4 Å². The summed E-state index contributed by atoms with van der Waals surface area (Å²) in [5.41, 5.74) is 2.62. The van der Waals surface area contributed by atoms with Gasteiger partial charge in [-0.2, -0.15) is 0 Å². The third-order valence-corrected chi connectivity index (χ3v) is 5.77. The second kappa shape index (κ2) is 8.90. The molecule has 8 heteroatoms. The topological polar surface area (TPSA) is 71.3 Å². The number of anilines is 1. The summed E-state index contributed by atoms with van der Waals surface area (Å²) >= 11 is 0. The minimum Gasteiger partial charge on any atom is -0.347 e. The molecule has 2 aromatic heterocycles. The monoisotopic (exact) mass is 435 g/mol. The Morgan fingerprint density at radius 1 is 1.12 bits per heavy atom. The number of piperidine rings is 1. The zero-order valence-corrected chi connectivity index (χ0v) is 18.5. The molecular weight excluding hydrogens is 409 g/mol. The van der Waals surface area contributed by atoms with Crippen LogP contribution < -0.4 is 10.5 Å². The number of amides is 1. The first kappa shape index (κ1) is 21.7. The summed E-state index contributed by atoms with van der Waals surface area (Å²) in [5, 5.41) is 0. The van der Waals surface area contributed by atoms with Crippen molar-refractivity contribution in [1.82, 2.24) is 19.4 Å². The summed E-state index contributed by atoms with van der Waals surface area (Å²) in [7, 11) is 5.36. The third kappa shape index (κ3) is 4.26. The first-order valence-electron chi connectivity index (χ1n) is 10.6. The van der Waals surface area contributed by atoms with E-state index in [-0.39, 0.29) is 23.3 Å². The lowest BCUT2D eigenvalue weighted by molar-refractivity contribution is 0.0606. The Labute approximate surface area is 186 Å². The van der Waals surface area contributed by atoms with Crippen LogP contribution in [0.15, 0.2) is 53.6 Å². The van der Waals surface area contributed by atoms with Crippen molar-refractivity contribution in [3.8, 4) is 11.1 Å². The van der Waals surface area contributed by atoms with Crippen LogP contribution in [0.3, 0.4) is 0 Å². The molecule has 4 rings (SSSR count). The molecule has 1 aliphatic rings. The molecule has 7 nitrogen and oxygen atoms in total. The highest BCUT2D eigenvalue weighted by molar-refractivity contribution is 5.94. The van der Waals surface area contributed by atoms with Crippen molar-refractivity contribution in [3.05, 3.63) is 76.2 Å². The van der Waals surface area contributed by atoms with Crippen molar-refractivity contribution < 1.29 is 9.18 Å². The van der Waals surface area contributed by atoms with Gasteiger partial charge in [0.05, 0.1) is 17.3 Å². The molecule has 1 atom stereocenters. The van der Waals surface area contributed by atoms with Crippen molar-refractivity contribution in [2.45, 2.75) is 25.3 Å². The number of carbonyl (C=O) groups is 1. The molecule has 0 N–H and O–H groups in total. The van der Waals surface area contributed by atoms with E-state index in [0.717, 1.165) is 36.1 Å².